The zero-order valence-electron chi connectivity index (χ0n) is 14.6. The second kappa shape index (κ2) is 6.86. The summed E-state index contributed by atoms with van der Waals surface area (Å²) in [5.41, 5.74) is 4.10. The monoisotopic (exact) mass is 334 g/mol. The van der Waals surface area contributed by atoms with Crippen molar-refractivity contribution in [3.63, 3.8) is 0 Å². The van der Waals surface area contributed by atoms with Crippen LogP contribution in [-0.4, -0.2) is 39.5 Å². The van der Waals surface area contributed by atoms with Gasteiger partial charge in [-0.3, -0.25) is 9.88 Å². The Kier molecular flexibility index (Phi) is 4.42. The Labute approximate surface area is 147 Å². The van der Waals surface area contributed by atoms with Gasteiger partial charge in [-0.2, -0.15) is 0 Å². The number of morpholine rings is 1. The fraction of sp³-hybridized carbons (Fsp3) is 0.350. The Morgan fingerprint density at radius 3 is 2.84 bits per heavy atom. The molecular formula is C20H22N4O. The molecular weight excluding hydrogens is 312 g/mol. The Bertz CT molecular complexity index is 876. The van der Waals surface area contributed by atoms with Gasteiger partial charge in [-0.1, -0.05) is 24.3 Å². The number of hydrogen-bond acceptors (Lipinski definition) is 5. The van der Waals surface area contributed by atoms with Crippen LogP contribution in [0.5, 0.6) is 0 Å². The number of benzene rings is 1. The molecule has 2 aromatic heterocycles. The smallest absolute Gasteiger partial charge is 0.125 e. The minimum Gasteiger partial charge on any atom is -0.369 e. The predicted octanol–water partition coefficient (Wildman–Crippen LogP) is 3.22. The quantitative estimate of drug-likeness (QED) is 0.736. The van der Waals surface area contributed by atoms with Gasteiger partial charge in [-0.25, -0.2) is 9.97 Å². The highest BCUT2D eigenvalue weighted by atomic mass is 16.5. The highest BCUT2D eigenvalue weighted by Gasteiger charge is 2.24. The normalized spacial score (nSPS) is 18.6. The molecule has 1 aromatic carbocycles. The standard InChI is InChI=1S/C20H22N4O/c1-14-11-19(22-15(2)21-14)20-13-24(9-10-25-20)12-17-8-7-16-5-3-4-6-18(16)23-17/h3-8,11,20H,9-10,12-13H2,1-2H3. The summed E-state index contributed by atoms with van der Waals surface area (Å²) in [5, 5.41) is 1.18. The van der Waals surface area contributed by atoms with E-state index in [1.54, 1.807) is 0 Å². The lowest BCUT2D eigenvalue weighted by Crippen LogP contribution is -2.38. The first kappa shape index (κ1) is 16.1. The van der Waals surface area contributed by atoms with Crippen LogP contribution in [0.4, 0.5) is 0 Å². The van der Waals surface area contributed by atoms with Crippen molar-refractivity contribution in [3.8, 4) is 0 Å². The number of ether oxygens (including phenoxy) is 1. The molecule has 1 atom stereocenters. The minimum atomic E-state index is -0.00499. The zero-order chi connectivity index (χ0) is 17.2. The Morgan fingerprint density at radius 1 is 1.08 bits per heavy atom. The summed E-state index contributed by atoms with van der Waals surface area (Å²) >= 11 is 0. The topological polar surface area (TPSA) is 51.1 Å². The second-order valence-corrected chi connectivity index (χ2v) is 6.57. The van der Waals surface area contributed by atoms with Crippen LogP contribution in [0.2, 0.25) is 0 Å². The molecule has 3 heterocycles. The number of nitrogens with zero attached hydrogens (tertiary/aromatic N) is 4. The number of fused-ring (bicyclic) bond motifs is 1. The van der Waals surface area contributed by atoms with Gasteiger partial charge in [0.2, 0.25) is 0 Å². The van der Waals surface area contributed by atoms with Gasteiger partial charge < -0.3 is 4.74 Å². The summed E-state index contributed by atoms with van der Waals surface area (Å²) in [4.78, 5) is 16.1. The average molecular weight is 334 g/mol. The third kappa shape index (κ3) is 3.67. The highest BCUT2D eigenvalue weighted by Crippen LogP contribution is 2.22. The molecule has 4 rings (SSSR count). The van der Waals surface area contributed by atoms with Crippen molar-refractivity contribution in [1.82, 2.24) is 19.9 Å². The van der Waals surface area contributed by atoms with Gasteiger partial charge in [-0.15, -0.1) is 0 Å². The fourth-order valence-electron chi connectivity index (χ4n) is 3.36. The molecule has 1 aliphatic heterocycles. The number of aromatic nitrogens is 3. The summed E-state index contributed by atoms with van der Waals surface area (Å²) in [7, 11) is 0. The van der Waals surface area contributed by atoms with E-state index in [1.165, 1.54) is 5.39 Å². The maximum absolute atomic E-state index is 5.96. The van der Waals surface area contributed by atoms with Gasteiger partial charge in [0.25, 0.3) is 0 Å². The second-order valence-electron chi connectivity index (χ2n) is 6.57. The summed E-state index contributed by atoms with van der Waals surface area (Å²) in [6.45, 7) is 7.19. The SMILES string of the molecule is Cc1cc(C2CN(Cc3ccc4ccccc4n3)CCO2)nc(C)n1. The molecule has 0 N–H and O–H groups in total. The van der Waals surface area contributed by atoms with E-state index in [2.05, 4.69) is 39.1 Å². The van der Waals surface area contributed by atoms with E-state index in [4.69, 9.17) is 9.72 Å². The first-order valence-corrected chi connectivity index (χ1v) is 8.68. The third-order valence-corrected chi connectivity index (χ3v) is 4.51. The molecule has 0 amide bonds. The van der Waals surface area contributed by atoms with E-state index < -0.39 is 0 Å². The Morgan fingerprint density at radius 2 is 1.96 bits per heavy atom. The van der Waals surface area contributed by atoms with E-state index in [0.29, 0.717) is 6.61 Å². The van der Waals surface area contributed by atoms with Gasteiger partial charge in [0.15, 0.2) is 0 Å². The Balaban J connectivity index is 1.50. The maximum Gasteiger partial charge on any atom is 0.125 e. The van der Waals surface area contributed by atoms with Crippen LogP contribution < -0.4 is 0 Å². The van der Waals surface area contributed by atoms with Gasteiger partial charge in [-0.05, 0) is 32.0 Å². The van der Waals surface area contributed by atoms with Crippen LogP contribution in [-0.2, 0) is 11.3 Å². The zero-order valence-corrected chi connectivity index (χ0v) is 14.6. The summed E-state index contributed by atoms with van der Waals surface area (Å²) < 4.78 is 5.96. The van der Waals surface area contributed by atoms with Gasteiger partial charge >= 0.3 is 0 Å². The van der Waals surface area contributed by atoms with Crippen LogP contribution in [0.1, 0.15) is 29.0 Å². The molecule has 1 unspecified atom stereocenters. The highest BCUT2D eigenvalue weighted by molar-refractivity contribution is 5.78. The van der Waals surface area contributed by atoms with Crippen molar-refractivity contribution in [2.45, 2.75) is 26.5 Å². The van der Waals surface area contributed by atoms with Gasteiger partial charge in [0.1, 0.15) is 11.9 Å². The first-order chi connectivity index (χ1) is 12.2. The van der Waals surface area contributed by atoms with Crippen molar-refractivity contribution < 1.29 is 4.74 Å². The number of pyridine rings is 1. The number of para-hydroxylation sites is 1. The molecule has 128 valence electrons. The van der Waals surface area contributed by atoms with Crippen LogP contribution in [0, 0.1) is 13.8 Å². The summed E-state index contributed by atoms with van der Waals surface area (Å²) in [5.74, 6) is 0.798. The molecule has 3 aromatic rings. The molecule has 1 fully saturated rings. The molecule has 0 saturated carbocycles. The lowest BCUT2D eigenvalue weighted by atomic mass is 10.1. The van der Waals surface area contributed by atoms with E-state index >= 15 is 0 Å². The molecule has 25 heavy (non-hydrogen) atoms. The van der Waals surface area contributed by atoms with Crippen LogP contribution in [0.25, 0.3) is 10.9 Å². The predicted molar refractivity (Wildman–Crippen MR) is 97.2 cm³/mol. The Hall–Kier alpha value is -2.37. The molecule has 5 nitrogen and oxygen atoms in total. The molecule has 0 bridgehead atoms. The largest absolute Gasteiger partial charge is 0.369 e. The van der Waals surface area contributed by atoms with Crippen molar-refractivity contribution in [3.05, 3.63) is 65.4 Å². The van der Waals surface area contributed by atoms with E-state index in [-0.39, 0.29) is 6.10 Å². The number of hydrogen-bond donors (Lipinski definition) is 0. The third-order valence-electron chi connectivity index (χ3n) is 4.51. The van der Waals surface area contributed by atoms with E-state index in [0.717, 1.165) is 48.1 Å². The van der Waals surface area contributed by atoms with Gasteiger partial charge in [0.05, 0.1) is 23.5 Å². The first-order valence-electron chi connectivity index (χ1n) is 8.68. The molecule has 5 heteroatoms. The van der Waals surface area contributed by atoms with Crippen molar-refractivity contribution in [2.75, 3.05) is 19.7 Å². The van der Waals surface area contributed by atoms with Crippen LogP contribution in [0.3, 0.4) is 0 Å². The molecule has 0 aliphatic carbocycles. The van der Waals surface area contributed by atoms with Crippen LogP contribution in [0.15, 0.2) is 42.5 Å². The fourth-order valence-corrected chi connectivity index (χ4v) is 3.36. The molecule has 0 radical (unpaired) electrons. The summed E-state index contributed by atoms with van der Waals surface area (Å²) in [6, 6.07) is 14.5. The molecule has 1 saturated heterocycles. The lowest BCUT2D eigenvalue weighted by Gasteiger charge is -2.32. The van der Waals surface area contributed by atoms with Crippen molar-refractivity contribution >= 4 is 10.9 Å². The minimum absolute atomic E-state index is 0.00499. The van der Waals surface area contributed by atoms with E-state index in [9.17, 15) is 0 Å². The molecule has 0 spiro atoms. The number of rotatable bonds is 3. The average Bonchev–Trinajstić information content (AvgIpc) is 2.61. The summed E-state index contributed by atoms with van der Waals surface area (Å²) in [6.07, 6.45) is -0.00499. The van der Waals surface area contributed by atoms with E-state index in [1.807, 2.05) is 32.0 Å². The maximum atomic E-state index is 5.96. The van der Waals surface area contributed by atoms with Crippen molar-refractivity contribution in [2.24, 2.45) is 0 Å². The van der Waals surface area contributed by atoms with Crippen LogP contribution >= 0.6 is 0 Å². The van der Waals surface area contributed by atoms with Crippen molar-refractivity contribution in [1.29, 1.82) is 0 Å². The van der Waals surface area contributed by atoms with Gasteiger partial charge in [0, 0.05) is 30.7 Å². The molecule has 1 aliphatic rings. The number of aryl methyl sites for hydroxylation is 2. The lowest BCUT2D eigenvalue weighted by molar-refractivity contribution is -0.0354.